The molecular formula is C24H20N2O5S. The Balaban J connectivity index is 1.88. The number of thiazole rings is 1. The Morgan fingerprint density at radius 3 is 2.28 bits per heavy atom. The first kappa shape index (κ1) is 21.5. The van der Waals surface area contributed by atoms with Gasteiger partial charge in [0, 0.05) is 0 Å². The molecule has 162 valence electrons. The van der Waals surface area contributed by atoms with E-state index < -0.39 is 18.0 Å². The summed E-state index contributed by atoms with van der Waals surface area (Å²) in [5.74, 6) is -0.947. The van der Waals surface area contributed by atoms with E-state index in [9.17, 15) is 14.4 Å². The number of ether oxygens (including phenoxy) is 2. The lowest BCUT2D eigenvalue weighted by atomic mass is 9.96. The summed E-state index contributed by atoms with van der Waals surface area (Å²) < 4.78 is 11.7. The van der Waals surface area contributed by atoms with Crippen LogP contribution in [-0.4, -0.2) is 30.7 Å². The molecule has 0 unspecified atom stereocenters. The highest BCUT2D eigenvalue weighted by Crippen LogP contribution is 2.30. The molecule has 1 atom stereocenters. The number of allylic oxidation sites excluding steroid dienone is 1. The number of hydrogen-bond donors (Lipinski definition) is 0. The highest BCUT2D eigenvalue weighted by atomic mass is 32.1. The second kappa shape index (κ2) is 8.76. The van der Waals surface area contributed by atoms with Crippen molar-refractivity contribution in [1.29, 1.82) is 0 Å². The standard InChI is InChI=1S/C24H20N2O5S/c1-14-19(23(29)31-3)20(16-7-5-4-6-8-16)26-21(27)18(32-24(26)25-14)13-15-9-11-17(12-10-15)22(28)30-2/h4-13,20H,1-3H3/b18-13+/t20-/m0/s1. The topological polar surface area (TPSA) is 87.0 Å². The summed E-state index contributed by atoms with van der Waals surface area (Å²) in [5, 5.41) is 0. The van der Waals surface area contributed by atoms with Crippen LogP contribution in [0.5, 0.6) is 0 Å². The molecule has 0 aliphatic carbocycles. The fraction of sp³-hybridized carbons (Fsp3) is 0.167. The third-order valence-corrected chi connectivity index (χ3v) is 6.15. The average Bonchev–Trinajstić information content (AvgIpc) is 3.12. The molecule has 8 heteroatoms. The Morgan fingerprint density at radius 2 is 1.66 bits per heavy atom. The number of esters is 2. The second-order valence-electron chi connectivity index (χ2n) is 7.10. The summed E-state index contributed by atoms with van der Waals surface area (Å²) in [6, 6.07) is 15.5. The molecule has 2 heterocycles. The first-order valence-corrected chi connectivity index (χ1v) is 10.6. The van der Waals surface area contributed by atoms with Gasteiger partial charge in [0.2, 0.25) is 0 Å². The molecule has 0 bridgehead atoms. The number of carbonyl (C=O) groups excluding carboxylic acids is 2. The largest absolute Gasteiger partial charge is 0.466 e. The minimum Gasteiger partial charge on any atom is -0.466 e. The fourth-order valence-electron chi connectivity index (χ4n) is 3.63. The lowest BCUT2D eigenvalue weighted by Gasteiger charge is -2.24. The maximum absolute atomic E-state index is 13.4. The maximum atomic E-state index is 13.4. The van der Waals surface area contributed by atoms with Crippen molar-refractivity contribution in [3.63, 3.8) is 0 Å². The van der Waals surface area contributed by atoms with Gasteiger partial charge in [0.15, 0.2) is 4.80 Å². The molecule has 1 aromatic heterocycles. The Morgan fingerprint density at radius 1 is 1.00 bits per heavy atom. The summed E-state index contributed by atoms with van der Waals surface area (Å²) in [6.07, 6.45) is 1.74. The van der Waals surface area contributed by atoms with Gasteiger partial charge in [0.25, 0.3) is 5.56 Å². The van der Waals surface area contributed by atoms with Crippen LogP contribution >= 0.6 is 11.3 Å². The van der Waals surface area contributed by atoms with E-state index in [1.807, 2.05) is 30.3 Å². The molecule has 0 N–H and O–H groups in total. The van der Waals surface area contributed by atoms with Gasteiger partial charge in [0.05, 0.1) is 41.6 Å². The molecule has 0 saturated carbocycles. The van der Waals surface area contributed by atoms with E-state index in [0.29, 0.717) is 26.2 Å². The highest BCUT2D eigenvalue weighted by molar-refractivity contribution is 7.07. The number of hydrogen-bond acceptors (Lipinski definition) is 7. The molecule has 0 saturated heterocycles. The number of methoxy groups -OCH3 is 2. The third-order valence-electron chi connectivity index (χ3n) is 5.17. The fourth-order valence-corrected chi connectivity index (χ4v) is 4.67. The molecule has 2 aromatic carbocycles. The molecule has 4 rings (SSSR count). The summed E-state index contributed by atoms with van der Waals surface area (Å²) in [7, 11) is 2.64. The van der Waals surface area contributed by atoms with Crippen LogP contribution in [0.3, 0.4) is 0 Å². The molecular weight excluding hydrogens is 428 g/mol. The van der Waals surface area contributed by atoms with E-state index in [-0.39, 0.29) is 5.56 Å². The minimum atomic E-state index is -0.635. The Kier molecular flexibility index (Phi) is 5.87. The number of benzene rings is 2. The normalized spacial score (nSPS) is 15.7. The van der Waals surface area contributed by atoms with Gasteiger partial charge in [-0.25, -0.2) is 14.6 Å². The number of aromatic nitrogens is 1. The average molecular weight is 449 g/mol. The predicted molar refractivity (Wildman–Crippen MR) is 120 cm³/mol. The summed E-state index contributed by atoms with van der Waals surface area (Å²) in [6.45, 7) is 1.74. The summed E-state index contributed by atoms with van der Waals surface area (Å²) in [4.78, 5) is 42.7. The van der Waals surface area contributed by atoms with E-state index in [2.05, 4.69) is 4.99 Å². The van der Waals surface area contributed by atoms with E-state index in [1.165, 1.54) is 30.1 Å². The van der Waals surface area contributed by atoms with Crippen molar-refractivity contribution in [2.75, 3.05) is 14.2 Å². The molecule has 3 aromatic rings. The molecule has 0 fully saturated rings. The Hall–Kier alpha value is -3.78. The van der Waals surface area contributed by atoms with E-state index in [4.69, 9.17) is 9.47 Å². The molecule has 0 radical (unpaired) electrons. The van der Waals surface area contributed by atoms with Crippen molar-refractivity contribution in [3.8, 4) is 0 Å². The van der Waals surface area contributed by atoms with Crippen molar-refractivity contribution in [3.05, 3.63) is 102 Å². The van der Waals surface area contributed by atoms with Crippen LogP contribution in [0.15, 0.2) is 75.7 Å². The molecule has 0 spiro atoms. The van der Waals surface area contributed by atoms with Crippen molar-refractivity contribution in [1.82, 2.24) is 4.57 Å². The van der Waals surface area contributed by atoms with Crippen LogP contribution in [0.2, 0.25) is 0 Å². The van der Waals surface area contributed by atoms with Crippen LogP contribution in [-0.2, 0) is 14.3 Å². The number of rotatable bonds is 4. The van der Waals surface area contributed by atoms with Crippen LogP contribution in [0.25, 0.3) is 6.08 Å². The Bertz CT molecular complexity index is 1400. The molecule has 7 nitrogen and oxygen atoms in total. The van der Waals surface area contributed by atoms with Gasteiger partial charge in [-0.15, -0.1) is 0 Å². The third kappa shape index (κ3) is 3.80. The SMILES string of the molecule is COC(=O)C1=C(C)N=c2s/c(=C/c3ccc(C(=O)OC)cc3)c(=O)n2[C@H]1c1ccccc1. The zero-order valence-electron chi connectivity index (χ0n) is 17.7. The summed E-state index contributed by atoms with van der Waals surface area (Å²) in [5.41, 5.74) is 2.56. The van der Waals surface area contributed by atoms with Crippen molar-refractivity contribution in [2.45, 2.75) is 13.0 Å². The number of carbonyl (C=O) groups is 2. The highest BCUT2D eigenvalue weighted by Gasteiger charge is 2.32. The van der Waals surface area contributed by atoms with Gasteiger partial charge in [-0.1, -0.05) is 53.8 Å². The lowest BCUT2D eigenvalue weighted by molar-refractivity contribution is -0.136. The molecule has 1 aliphatic heterocycles. The van der Waals surface area contributed by atoms with Gasteiger partial charge in [0.1, 0.15) is 0 Å². The van der Waals surface area contributed by atoms with E-state index in [1.54, 1.807) is 37.3 Å². The van der Waals surface area contributed by atoms with Crippen LogP contribution in [0, 0.1) is 0 Å². The smallest absolute Gasteiger partial charge is 0.338 e. The lowest BCUT2D eigenvalue weighted by Crippen LogP contribution is -2.39. The van der Waals surface area contributed by atoms with E-state index >= 15 is 0 Å². The van der Waals surface area contributed by atoms with Gasteiger partial charge in [-0.3, -0.25) is 9.36 Å². The first-order valence-electron chi connectivity index (χ1n) is 9.78. The van der Waals surface area contributed by atoms with Crippen LogP contribution < -0.4 is 14.9 Å². The van der Waals surface area contributed by atoms with Gasteiger partial charge >= 0.3 is 11.9 Å². The molecule has 1 aliphatic rings. The van der Waals surface area contributed by atoms with Gasteiger partial charge in [-0.05, 0) is 36.3 Å². The zero-order chi connectivity index (χ0) is 22.8. The number of nitrogens with zero attached hydrogens (tertiary/aromatic N) is 2. The van der Waals surface area contributed by atoms with Crippen molar-refractivity contribution < 1.29 is 19.1 Å². The predicted octanol–water partition coefficient (Wildman–Crippen LogP) is 2.19. The van der Waals surface area contributed by atoms with E-state index in [0.717, 1.165) is 11.1 Å². The van der Waals surface area contributed by atoms with Gasteiger partial charge < -0.3 is 9.47 Å². The Labute approximate surface area is 187 Å². The first-order chi connectivity index (χ1) is 15.4. The summed E-state index contributed by atoms with van der Waals surface area (Å²) >= 11 is 1.25. The van der Waals surface area contributed by atoms with Crippen LogP contribution in [0.1, 0.15) is 34.5 Å². The second-order valence-corrected chi connectivity index (χ2v) is 8.11. The monoisotopic (exact) mass is 448 g/mol. The molecule has 0 amide bonds. The van der Waals surface area contributed by atoms with Crippen molar-refractivity contribution in [2.24, 2.45) is 4.99 Å². The zero-order valence-corrected chi connectivity index (χ0v) is 18.5. The van der Waals surface area contributed by atoms with Crippen LogP contribution in [0.4, 0.5) is 0 Å². The van der Waals surface area contributed by atoms with Crippen molar-refractivity contribution >= 4 is 29.4 Å². The quantitative estimate of drug-likeness (QED) is 0.571. The number of fused-ring (bicyclic) bond motifs is 1. The molecule has 32 heavy (non-hydrogen) atoms. The van der Waals surface area contributed by atoms with Gasteiger partial charge in [-0.2, -0.15) is 0 Å². The maximum Gasteiger partial charge on any atom is 0.338 e. The minimum absolute atomic E-state index is 0.256.